The van der Waals surface area contributed by atoms with Crippen molar-refractivity contribution in [2.75, 3.05) is 26.2 Å². The van der Waals surface area contributed by atoms with Crippen molar-refractivity contribution in [1.82, 2.24) is 10.2 Å². The highest BCUT2D eigenvalue weighted by molar-refractivity contribution is 6.31. The Hall–Kier alpha value is -2.44. The van der Waals surface area contributed by atoms with Gasteiger partial charge in [-0.15, -0.1) is 0 Å². The molecule has 1 saturated heterocycles. The van der Waals surface area contributed by atoms with Crippen LogP contribution in [-0.2, 0) is 6.42 Å². The molecule has 0 radical (unpaired) electrons. The topological polar surface area (TPSA) is 75.5 Å². The van der Waals surface area contributed by atoms with E-state index in [1.165, 1.54) is 23.8 Å². The van der Waals surface area contributed by atoms with Crippen LogP contribution in [0.15, 0.2) is 48.5 Å². The summed E-state index contributed by atoms with van der Waals surface area (Å²) in [7, 11) is 0. The van der Waals surface area contributed by atoms with E-state index in [0.717, 1.165) is 38.9 Å². The van der Waals surface area contributed by atoms with Crippen LogP contribution in [0.3, 0.4) is 0 Å². The molecule has 0 aromatic heterocycles. The fourth-order valence-corrected chi connectivity index (χ4v) is 3.70. The lowest BCUT2D eigenvalue weighted by Crippen LogP contribution is -2.39. The van der Waals surface area contributed by atoms with E-state index >= 15 is 0 Å². The lowest BCUT2D eigenvalue weighted by molar-refractivity contribution is -0.385. The van der Waals surface area contributed by atoms with E-state index in [0.29, 0.717) is 17.5 Å². The molecule has 2 aromatic rings. The Labute approximate surface area is 169 Å². The Kier molecular flexibility index (Phi) is 7.01. The van der Waals surface area contributed by atoms with Crippen molar-refractivity contribution in [1.29, 1.82) is 0 Å². The third-order valence-corrected chi connectivity index (χ3v) is 5.45. The molecule has 0 aliphatic carbocycles. The van der Waals surface area contributed by atoms with Gasteiger partial charge in [0.25, 0.3) is 11.6 Å². The minimum Gasteiger partial charge on any atom is -0.352 e. The first-order chi connectivity index (χ1) is 13.5. The molecule has 2 aromatic carbocycles. The van der Waals surface area contributed by atoms with Gasteiger partial charge in [-0.05, 0) is 56.0 Å². The summed E-state index contributed by atoms with van der Waals surface area (Å²) in [6.07, 6.45) is 3.06. The number of rotatable bonds is 7. The molecule has 1 amide bonds. The Morgan fingerprint density at radius 2 is 1.89 bits per heavy atom. The number of halogens is 1. The molecule has 6 nitrogen and oxygen atoms in total. The fraction of sp³-hybridized carbons (Fsp3) is 0.381. The average molecular weight is 402 g/mol. The number of piperidine rings is 1. The van der Waals surface area contributed by atoms with E-state index in [1.54, 1.807) is 0 Å². The van der Waals surface area contributed by atoms with Gasteiger partial charge in [0.05, 0.1) is 4.92 Å². The normalized spacial score (nSPS) is 15.3. The van der Waals surface area contributed by atoms with Crippen LogP contribution in [0.5, 0.6) is 0 Å². The van der Waals surface area contributed by atoms with Crippen molar-refractivity contribution in [3.63, 3.8) is 0 Å². The van der Waals surface area contributed by atoms with Crippen molar-refractivity contribution in [2.24, 2.45) is 5.92 Å². The zero-order chi connectivity index (χ0) is 19.9. The predicted octanol–water partition coefficient (Wildman–Crippen LogP) is 3.93. The summed E-state index contributed by atoms with van der Waals surface area (Å²) in [4.78, 5) is 25.4. The second-order valence-corrected chi connectivity index (χ2v) is 7.59. The molecule has 0 unspecified atom stereocenters. The van der Waals surface area contributed by atoms with Crippen LogP contribution in [0.2, 0.25) is 5.02 Å². The molecule has 1 N–H and O–H groups in total. The lowest BCUT2D eigenvalue weighted by Gasteiger charge is -2.32. The summed E-state index contributed by atoms with van der Waals surface area (Å²) in [6.45, 7) is 3.57. The second kappa shape index (κ2) is 9.66. The van der Waals surface area contributed by atoms with Crippen molar-refractivity contribution >= 4 is 23.2 Å². The second-order valence-electron chi connectivity index (χ2n) is 7.15. The molecule has 1 fully saturated rings. The smallest absolute Gasteiger partial charge is 0.282 e. The number of carbonyl (C=O) groups excluding carboxylic acids is 1. The number of hydrogen-bond donors (Lipinski definition) is 1. The molecule has 28 heavy (non-hydrogen) atoms. The van der Waals surface area contributed by atoms with Crippen molar-refractivity contribution in [2.45, 2.75) is 19.3 Å². The first kappa shape index (κ1) is 20.3. The Morgan fingerprint density at radius 1 is 1.18 bits per heavy atom. The maximum Gasteiger partial charge on any atom is 0.282 e. The van der Waals surface area contributed by atoms with Crippen LogP contribution in [0.4, 0.5) is 5.69 Å². The Morgan fingerprint density at radius 3 is 2.57 bits per heavy atom. The summed E-state index contributed by atoms with van der Waals surface area (Å²) >= 11 is 5.90. The summed E-state index contributed by atoms with van der Waals surface area (Å²) in [5, 5.41) is 14.3. The minimum absolute atomic E-state index is 0.0118. The molecule has 3 rings (SSSR count). The molecule has 1 aliphatic rings. The van der Waals surface area contributed by atoms with E-state index in [9.17, 15) is 14.9 Å². The molecular weight excluding hydrogens is 378 g/mol. The molecule has 7 heteroatoms. The fourth-order valence-electron chi connectivity index (χ4n) is 3.53. The highest BCUT2D eigenvalue weighted by Crippen LogP contribution is 2.23. The van der Waals surface area contributed by atoms with Gasteiger partial charge in [0.1, 0.15) is 5.56 Å². The summed E-state index contributed by atoms with van der Waals surface area (Å²) in [6, 6.07) is 14.5. The van der Waals surface area contributed by atoms with Gasteiger partial charge in [0.15, 0.2) is 0 Å². The molecule has 1 aliphatic heterocycles. The molecule has 0 saturated carbocycles. The average Bonchev–Trinajstić information content (AvgIpc) is 2.71. The summed E-state index contributed by atoms with van der Waals surface area (Å²) < 4.78 is 0. The van der Waals surface area contributed by atoms with Gasteiger partial charge in [0, 0.05) is 24.2 Å². The molecule has 148 valence electrons. The first-order valence-corrected chi connectivity index (χ1v) is 9.89. The molecule has 1 heterocycles. The zero-order valence-electron chi connectivity index (χ0n) is 15.6. The number of nitro groups is 1. The molecule has 0 bridgehead atoms. The molecule has 0 atom stereocenters. The number of benzene rings is 2. The standard InChI is InChI=1S/C21H24ClN3O3/c22-18-6-7-20(25(27)28)19(14-18)21(26)23-15-17-9-12-24(13-10-17)11-8-16-4-2-1-3-5-16/h1-7,14,17H,8-13,15H2,(H,23,26). The van der Waals surface area contributed by atoms with Gasteiger partial charge in [-0.25, -0.2) is 0 Å². The van der Waals surface area contributed by atoms with Gasteiger partial charge in [-0.3, -0.25) is 14.9 Å². The highest BCUT2D eigenvalue weighted by Gasteiger charge is 2.23. The number of nitrogens with zero attached hydrogens (tertiary/aromatic N) is 2. The third-order valence-electron chi connectivity index (χ3n) is 5.22. The SMILES string of the molecule is O=C(NCC1CCN(CCc2ccccc2)CC1)c1cc(Cl)ccc1[N+](=O)[O-]. The van der Waals surface area contributed by atoms with Crippen molar-refractivity contribution in [3.05, 3.63) is 74.8 Å². The highest BCUT2D eigenvalue weighted by atomic mass is 35.5. The van der Waals surface area contributed by atoms with Gasteiger partial charge < -0.3 is 10.2 Å². The van der Waals surface area contributed by atoms with E-state index in [-0.39, 0.29) is 11.3 Å². The maximum atomic E-state index is 12.4. The van der Waals surface area contributed by atoms with Crippen LogP contribution in [0.25, 0.3) is 0 Å². The van der Waals surface area contributed by atoms with Crippen molar-refractivity contribution in [3.8, 4) is 0 Å². The van der Waals surface area contributed by atoms with Crippen molar-refractivity contribution < 1.29 is 9.72 Å². The molecular formula is C21H24ClN3O3. The minimum atomic E-state index is -0.559. The number of nitro benzene ring substituents is 1. The van der Waals surface area contributed by atoms with Crippen LogP contribution in [0, 0.1) is 16.0 Å². The number of amides is 1. The van der Waals surface area contributed by atoms with Crippen LogP contribution in [-0.4, -0.2) is 41.9 Å². The first-order valence-electron chi connectivity index (χ1n) is 9.51. The molecule has 0 spiro atoms. The quantitative estimate of drug-likeness (QED) is 0.563. The maximum absolute atomic E-state index is 12.4. The van der Waals surface area contributed by atoms with Crippen LogP contribution >= 0.6 is 11.6 Å². The van der Waals surface area contributed by atoms with E-state index in [2.05, 4.69) is 34.5 Å². The Bertz CT molecular complexity index is 821. The summed E-state index contributed by atoms with van der Waals surface area (Å²) in [5.41, 5.74) is 1.13. The zero-order valence-corrected chi connectivity index (χ0v) is 16.4. The van der Waals surface area contributed by atoms with Gasteiger partial charge in [-0.1, -0.05) is 41.9 Å². The van der Waals surface area contributed by atoms with Gasteiger partial charge in [0.2, 0.25) is 0 Å². The van der Waals surface area contributed by atoms with Crippen LogP contribution < -0.4 is 5.32 Å². The largest absolute Gasteiger partial charge is 0.352 e. The van der Waals surface area contributed by atoms with E-state index < -0.39 is 10.8 Å². The van der Waals surface area contributed by atoms with E-state index in [1.807, 2.05) is 6.07 Å². The summed E-state index contributed by atoms with van der Waals surface area (Å²) in [5.74, 6) is -0.0594. The number of likely N-dealkylation sites (tertiary alicyclic amines) is 1. The number of carbonyl (C=O) groups is 1. The van der Waals surface area contributed by atoms with E-state index in [4.69, 9.17) is 11.6 Å². The van der Waals surface area contributed by atoms with Crippen LogP contribution in [0.1, 0.15) is 28.8 Å². The van der Waals surface area contributed by atoms with Gasteiger partial charge >= 0.3 is 0 Å². The Balaban J connectivity index is 1.45. The monoisotopic (exact) mass is 401 g/mol. The number of hydrogen-bond acceptors (Lipinski definition) is 4. The predicted molar refractivity (Wildman–Crippen MR) is 110 cm³/mol. The lowest BCUT2D eigenvalue weighted by atomic mass is 9.96. The number of nitrogens with one attached hydrogen (secondary N) is 1. The third kappa shape index (κ3) is 5.53. The van der Waals surface area contributed by atoms with Gasteiger partial charge in [-0.2, -0.15) is 0 Å².